The molecule has 5 nitrogen and oxygen atoms in total. The van der Waals surface area contributed by atoms with E-state index in [0.717, 1.165) is 0 Å². The molecule has 0 aromatic rings. The Labute approximate surface area is 144 Å². The number of hydrogen-bond acceptors (Lipinski definition) is 5. The van der Waals surface area contributed by atoms with Gasteiger partial charge in [0.1, 0.15) is 0 Å². The Morgan fingerprint density at radius 3 is 1.91 bits per heavy atom. The van der Waals surface area contributed by atoms with E-state index < -0.39 is 8.53 Å². The van der Waals surface area contributed by atoms with E-state index in [0.29, 0.717) is 13.2 Å². The monoisotopic (exact) mass is 344 g/mol. The van der Waals surface area contributed by atoms with Crippen LogP contribution < -0.4 is 0 Å². The first-order valence-electron chi connectivity index (χ1n) is 8.68. The second-order valence-corrected chi connectivity index (χ2v) is 10.3. The lowest BCUT2D eigenvalue weighted by molar-refractivity contribution is 0.0169. The summed E-state index contributed by atoms with van der Waals surface area (Å²) in [6, 6.07) is 0. The smallest absolute Gasteiger partial charge is 0.410 e. The van der Waals surface area contributed by atoms with Gasteiger partial charge < -0.3 is 13.7 Å². The van der Waals surface area contributed by atoms with Crippen LogP contribution in [0, 0.1) is 0 Å². The molecule has 0 atom stereocenters. The molecule has 2 aliphatic heterocycles. The number of rotatable bonds is 4. The maximum atomic E-state index is 6.07. The Bertz CT molecular complexity index is 393. The van der Waals surface area contributed by atoms with E-state index >= 15 is 0 Å². The van der Waals surface area contributed by atoms with E-state index in [-0.39, 0.29) is 23.8 Å². The first-order valence-corrected chi connectivity index (χ1v) is 9.81. The average Bonchev–Trinajstić information content (AvgIpc) is 2.87. The van der Waals surface area contributed by atoms with Crippen LogP contribution in [0.5, 0.6) is 0 Å². The molecule has 0 aliphatic carbocycles. The summed E-state index contributed by atoms with van der Waals surface area (Å²) >= 11 is 0. The van der Waals surface area contributed by atoms with Crippen molar-refractivity contribution in [2.24, 2.45) is 0 Å². The maximum Gasteiger partial charge on any atom is 0.487 e. The lowest BCUT2D eigenvalue weighted by atomic mass is 9.71. The molecule has 0 bridgehead atoms. The van der Waals surface area contributed by atoms with E-state index in [2.05, 4.69) is 57.9 Å². The summed E-state index contributed by atoms with van der Waals surface area (Å²) in [6.07, 6.45) is 3.60. The van der Waals surface area contributed by atoms with Crippen LogP contribution in [0.4, 0.5) is 0 Å². The third kappa shape index (κ3) is 4.11. The van der Waals surface area contributed by atoms with Gasteiger partial charge in [-0.3, -0.25) is 4.81 Å². The lowest BCUT2D eigenvalue weighted by Crippen LogP contribution is -2.70. The van der Waals surface area contributed by atoms with E-state index in [4.69, 9.17) is 13.7 Å². The minimum absolute atomic E-state index is 0.0704. The molecule has 0 aromatic carbocycles. The maximum absolute atomic E-state index is 6.07. The highest BCUT2D eigenvalue weighted by atomic mass is 31.2. The minimum Gasteiger partial charge on any atom is -0.410 e. The highest BCUT2D eigenvalue weighted by molar-refractivity contribution is 7.46. The molecule has 2 fully saturated rings. The van der Waals surface area contributed by atoms with Crippen molar-refractivity contribution in [1.82, 2.24) is 9.39 Å². The second kappa shape index (κ2) is 6.89. The van der Waals surface area contributed by atoms with Gasteiger partial charge in [0.25, 0.3) is 8.53 Å². The predicted molar refractivity (Wildman–Crippen MR) is 97.0 cm³/mol. The van der Waals surface area contributed by atoms with Gasteiger partial charge in [0, 0.05) is 23.7 Å². The first kappa shape index (κ1) is 19.6. The topological polar surface area (TPSA) is 34.2 Å². The molecule has 2 aliphatic rings. The van der Waals surface area contributed by atoms with E-state index in [1.165, 1.54) is 19.3 Å². The van der Waals surface area contributed by atoms with Gasteiger partial charge in [-0.25, -0.2) is 4.58 Å². The van der Waals surface area contributed by atoms with Crippen molar-refractivity contribution in [2.45, 2.75) is 84.3 Å². The summed E-state index contributed by atoms with van der Waals surface area (Å²) in [4.78, 5) is 2.53. The molecule has 0 aromatic heterocycles. The fourth-order valence-electron chi connectivity index (χ4n) is 3.98. The van der Waals surface area contributed by atoms with Gasteiger partial charge in [0.2, 0.25) is 0 Å². The predicted octanol–water partition coefficient (Wildman–Crippen LogP) is 4.04. The van der Waals surface area contributed by atoms with Gasteiger partial charge in [-0.05, 0) is 67.7 Å². The number of hydrogen-bond donors (Lipinski definition) is 0. The largest absolute Gasteiger partial charge is 0.487 e. The molecule has 2 saturated heterocycles. The third-order valence-electron chi connectivity index (χ3n) is 4.87. The zero-order valence-corrected chi connectivity index (χ0v) is 17.1. The van der Waals surface area contributed by atoms with Crippen molar-refractivity contribution in [3.63, 3.8) is 0 Å². The van der Waals surface area contributed by atoms with Crippen LogP contribution in [-0.2, 0) is 13.7 Å². The summed E-state index contributed by atoms with van der Waals surface area (Å²) in [5.41, 5.74) is 0.0301. The van der Waals surface area contributed by atoms with Gasteiger partial charge in [-0.2, -0.15) is 0 Å². The summed E-state index contributed by atoms with van der Waals surface area (Å²) in [5, 5.41) is 0. The minimum atomic E-state index is -1.08. The Morgan fingerprint density at radius 2 is 1.52 bits per heavy atom. The quantitative estimate of drug-likeness (QED) is 0.568. The van der Waals surface area contributed by atoms with Crippen molar-refractivity contribution >= 4 is 15.7 Å². The first-order chi connectivity index (χ1) is 10.5. The van der Waals surface area contributed by atoms with Crippen LogP contribution in [0.2, 0.25) is 0 Å². The number of piperidine rings is 1. The van der Waals surface area contributed by atoms with Gasteiger partial charge in [0.05, 0.1) is 13.2 Å². The average molecular weight is 344 g/mol. The standard InChI is InChI=1S/C16H34BN2O3P/c1-14(2,3)19(23-21-12-13-22-23)17(20-8)18-15(4,5)10-9-11-16(18,6)7/h9-13H2,1-8H3. The molecule has 2 rings (SSSR count). The molecular formula is C16H34BN2O3P. The van der Waals surface area contributed by atoms with Gasteiger partial charge in [-0.1, -0.05) is 0 Å². The zero-order chi connectivity index (χ0) is 17.5. The molecule has 7 heteroatoms. The van der Waals surface area contributed by atoms with E-state index in [9.17, 15) is 0 Å². The zero-order valence-electron chi connectivity index (χ0n) is 16.2. The summed E-state index contributed by atoms with van der Waals surface area (Å²) in [7, 11) is 0.556. The van der Waals surface area contributed by atoms with Crippen molar-refractivity contribution in [1.29, 1.82) is 0 Å². The fraction of sp³-hybridized carbons (Fsp3) is 1.00. The fourth-order valence-corrected chi connectivity index (χ4v) is 5.61. The van der Waals surface area contributed by atoms with Crippen LogP contribution in [0.1, 0.15) is 67.7 Å². The van der Waals surface area contributed by atoms with Crippen LogP contribution in [-0.4, -0.2) is 53.5 Å². The van der Waals surface area contributed by atoms with Crippen molar-refractivity contribution < 1.29 is 13.7 Å². The molecule has 0 amide bonds. The lowest BCUT2D eigenvalue weighted by Gasteiger charge is -2.57. The van der Waals surface area contributed by atoms with Crippen molar-refractivity contribution in [3.05, 3.63) is 0 Å². The Kier molecular flexibility index (Phi) is 5.88. The van der Waals surface area contributed by atoms with Gasteiger partial charge >= 0.3 is 7.19 Å². The summed E-state index contributed by atoms with van der Waals surface area (Å²) in [5.74, 6) is 0. The summed E-state index contributed by atoms with van der Waals surface area (Å²) in [6.45, 7) is 17.2. The molecule has 0 radical (unpaired) electrons. The van der Waals surface area contributed by atoms with Crippen molar-refractivity contribution in [2.75, 3.05) is 20.3 Å². The Morgan fingerprint density at radius 1 is 1.04 bits per heavy atom. The van der Waals surface area contributed by atoms with Crippen LogP contribution in [0.3, 0.4) is 0 Å². The highest BCUT2D eigenvalue weighted by Gasteiger charge is 2.55. The molecule has 0 saturated carbocycles. The van der Waals surface area contributed by atoms with Crippen LogP contribution >= 0.6 is 8.53 Å². The SMILES string of the molecule is COB(N(P1OCCO1)C(C)(C)C)N1C(C)(C)CCCC1(C)C. The van der Waals surface area contributed by atoms with E-state index in [1.807, 2.05) is 0 Å². The molecule has 23 heavy (non-hydrogen) atoms. The third-order valence-corrected chi connectivity index (χ3v) is 6.83. The summed E-state index contributed by atoms with van der Waals surface area (Å²) < 4.78 is 20.2. The molecule has 0 N–H and O–H groups in total. The Balaban J connectivity index is 2.40. The molecular weight excluding hydrogens is 310 g/mol. The van der Waals surface area contributed by atoms with Gasteiger partial charge in [0.15, 0.2) is 0 Å². The van der Waals surface area contributed by atoms with Crippen molar-refractivity contribution in [3.8, 4) is 0 Å². The number of nitrogens with zero attached hydrogens (tertiary/aromatic N) is 2. The highest BCUT2D eigenvalue weighted by Crippen LogP contribution is 2.53. The second-order valence-electron chi connectivity index (χ2n) is 8.83. The molecule has 0 unspecified atom stereocenters. The normalized spacial score (nSPS) is 26.0. The van der Waals surface area contributed by atoms with Crippen LogP contribution in [0.25, 0.3) is 0 Å². The van der Waals surface area contributed by atoms with Gasteiger partial charge in [-0.15, -0.1) is 0 Å². The van der Waals surface area contributed by atoms with Crippen LogP contribution in [0.15, 0.2) is 0 Å². The molecule has 134 valence electrons. The Hall–Kier alpha value is 0.295. The molecule has 0 spiro atoms. The molecule has 2 heterocycles. The van der Waals surface area contributed by atoms with E-state index in [1.54, 1.807) is 7.11 Å².